The van der Waals surface area contributed by atoms with Gasteiger partial charge in [0.2, 0.25) is 10.0 Å². The highest BCUT2D eigenvalue weighted by molar-refractivity contribution is 9.10. The molecule has 2 heterocycles. The molecule has 0 fully saturated rings. The molecule has 0 spiro atoms. The highest BCUT2D eigenvalue weighted by Crippen LogP contribution is 2.38. The summed E-state index contributed by atoms with van der Waals surface area (Å²) in [7, 11) is -3.57. The molecule has 1 aromatic heterocycles. The van der Waals surface area contributed by atoms with Crippen molar-refractivity contribution in [3.8, 4) is 0 Å². The van der Waals surface area contributed by atoms with Gasteiger partial charge in [-0.2, -0.15) is 9.52 Å². The molecule has 138 valence electrons. The molecule has 0 saturated heterocycles. The molecule has 27 heavy (non-hydrogen) atoms. The lowest BCUT2D eigenvalue weighted by Crippen LogP contribution is -2.26. The molecular weight excluding hydrogens is 450 g/mol. The minimum atomic E-state index is -3.57. The Morgan fingerprint density at radius 2 is 1.85 bits per heavy atom. The maximum Gasteiger partial charge on any atom is 0.247 e. The van der Waals surface area contributed by atoms with E-state index in [0.717, 1.165) is 31.6 Å². The number of benzene rings is 2. The van der Waals surface area contributed by atoms with Crippen molar-refractivity contribution < 1.29 is 8.42 Å². The van der Waals surface area contributed by atoms with Gasteiger partial charge in [0.25, 0.3) is 0 Å². The van der Waals surface area contributed by atoms with Gasteiger partial charge in [-0.05, 0) is 29.8 Å². The van der Waals surface area contributed by atoms with Crippen LogP contribution >= 0.6 is 27.5 Å². The molecule has 8 heteroatoms. The maximum atomic E-state index is 12.4. The van der Waals surface area contributed by atoms with E-state index in [-0.39, 0.29) is 0 Å². The van der Waals surface area contributed by atoms with Gasteiger partial charge in [0.05, 0.1) is 23.5 Å². The van der Waals surface area contributed by atoms with Crippen LogP contribution in [0.5, 0.6) is 0 Å². The van der Waals surface area contributed by atoms with Crippen molar-refractivity contribution in [3.05, 3.63) is 75.4 Å². The molecule has 0 radical (unpaired) electrons. The first-order valence-electron chi connectivity index (χ1n) is 8.21. The lowest BCUT2D eigenvalue weighted by Gasteiger charge is -2.22. The fourth-order valence-electron chi connectivity index (χ4n) is 3.19. The number of nitrogens with zero attached hydrogens (tertiary/aromatic N) is 3. The Kier molecular flexibility index (Phi) is 4.70. The van der Waals surface area contributed by atoms with Crippen molar-refractivity contribution in [2.75, 3.05) is 6.26 Å². The Balaban J connectivity index is 1.80. The Bertz CT molecular complexity index is 1160. The van der Waals surface area contributed by atoms with E-state index >= 15 is 0 Å². The van der Waals surface area contributed by atoms with Crippen LogP contribution in [0.15, 0.2) is 64.2 Å². The van der Waals surface area contributed by atoms with E-state index in [2.05, 4.69) is 26.0 Å². The normalized spacial score (nSPS) is 17.4. The van der Waals surface area contributed by atoms with E-state index in [9.17, 15) is 8.42 Å². The first-order valence-corrected chi connectivity index (χ1v) is 11.2. The number of pyridine rings is 1. The van der Waals surface area contributed by atoms with Crippen LogP contribution in [-0.4, -0.2) is 29.8 Å². The van der Waals surface area contributed by atoms with Gasteiger partial charge >= 0.3 is 0 Å². The highest BCUT2D eigenvalue weighted by atomic mass is 79.9. The molecular formula is C19H15BrClN3O2S. The van der Waals surface area contributed by atoms with Crippen LogP contribution in [0, 0.1) is 0 Å². The van der Waals surface area contributed by atoms with Crippen LogP contribution in [0.1, 0.15) is 23.6 Å². The topological polar surface area (TPSA) is 62.6 Å². The molecule has 4 rings (SSSR count). The summed E-state index contributed by atoms with van der Waals surface area (Å²) < 4.78 is 26.8. The van der Waals surface area contributed by atoms with Crippen molar-refractivity contribution >= 4 is 54.2 Å². The van der Waals surface area contributed by atoms with Crippen molar-refractivity contribution in [3.63, 3.8) is 0 Å². The summed E-state index contributed by atoms with van der Waals surface area (Å²) in [6.45, 7) is 0. The second-order valence-corrected chi connectivity index (χ2v) is 9.48. The molecule has 3 aromatic rings. The van der Waals surface area contributed by atoms with E-state index in [0.29, 0.717) is 22.8 Å². The average Bonchev–Trinajstić information content (AvgIpc) is 3.07. The number of aromatic nitrogens is 1. The van der Waals surface area contributed by atoms with E-state index in [1.165, 1.54) is 0 Å². The molecule has 5 nitrogen and oxygen atoms in total. The predicted molar refractivity (Wildman–Crippen MR) is 111 cm³/mol. The van der Waals surface area contributed by atoms with Crippen LogP contribution in [-0.2, 0) is 10.0 Å². The van der Waals surface area contributed by atoms with Gasteiger partial charge in [0, 0.05) is 21.8 Å². The predicted octanol–water partition coefficient (Wildman–Crippen LogP) is 4.76. The summed E-state index contributed by atoms with van der Waals surface area (Å²) in [6, 6.07) is 16.6. The monoisotopic (exact) mass is 463 g/mol. The number of halogens is 2. The number of sulfonamides is 1. The number of hydrogen-bond acceptors (Lipinski definition) is 4. The number of hydrazone groups is 1. The van der Waals surface area contributed by atoms with Gasteiger partial charge in [-0.3, -0.25) is 0 Å². The molecule has 0 N–H and O–H groups in total. The average molecular weight is 465 g/mol. The summed E-state index contributed by atoms with van der Waals surface area (Å²) in [5.74, 6) is 0. The third-order valence-corrected chi connectivity index (χ3v) is 6.30. The van der Waals surface area contributed by atoms with Crippen LogP contribution in [0.2, 0.25) is 5.15 Å². The van der Waals surface area contributed by atoms with Crippen LogP contribution < -0.4 is 0 Å². The maximum absolute atomic E-state index is 12.4. The minimum Gasteiger partial charge on any atom is -0.236 e. The lowest BCUT2D eigenvalue weighted by atomic mass is 9.99. The van der Waals surface area contributed by atoms with E-state index in [4.69, 9.17) is 11.6 Å². The molecule has 1 aliphatic heterocycles. The van der Waals surface area contributed by atoms with Gasteiger partial charge in [-0.15, -0.1) is 0 Å². The number of para-hydroxylation sites is 1. The second-order valence-electron chi connectivity index (χ2n) is 6.37. The Labute approximate surface area is 170 Å². The lowest BCUT2D eigenvalue weighted by molar-refractivity contribution is 0.374. The van der Waals surface area contributed by atoms with Gasteiger partial charge < -0.3 is 0 Å². The smallest absolute Gasteiger partial charge is 0.236 e. The standard InChI is InChI=1S/C19H15BrClN3O2S/c1-27(25,26)24-18(11-17(23-24)12-6-8-14(20)9-7-12)15-10-13-4-2-3-5-16(13)22-19(15)21/h2-10,18H,11H2,1H3/t18-/m0/s1. The first kappa shape index (κ1) is 18.4. The van der Waals surface area contributed by atoms with Crippen molar-refractivity contribution in [2.45, 2.75) is 12.5 Å². The summed E-state index contributed by atoms with van der Waals surface area (Å²) in [5.41, 5.74) is 2.99. The van der Waals surface area contributed by atoms with E-state index in [1.807, 2.05) is 54.6 Å². The third kappa shape index (κ3) is 3.59. The minimum absolute atomic E-state index is 0.291. The third-order valence-electron chi connectivity index (χ3n) is 4.45. The highest BCUT2D eigenvalue weighted by Gasteiger charge is 2.36. The number of fused-ring (bicyclic) bond motifs is 1. The van der Waals surface area contributed by atoms with Crippen molar-refractivity contribution in [2.24, 2.45) is 5.10 Å². The molecule has 1 atom stereocenters. The summed E-state index contributed by atoms with van der Waals surface area (Å²) >= 11 is 9.83. The van der Waals surface area contributed by atoms with Gasteiger partial charge in [0.15, 0.2) is 0 Å². The summed E-state index contributed by atoms with van der Waals surface area (Å²) in [4.78, 5) is 4.43. The quantitative estimate of drug-likeness (QED) is 0.525. The Morgan fingerprint density at radius 1 is 1.15 bits per heavy atom. The van der Waals surface area contributed by atoms with E-state index < -0.39 is 16.1 Å². The molecule has 2 aromatic carbocycles. The van der Waals surface area contributed by atoms with Crippen molar-refractivity contribution in [1.82, 2.24) is 9.40 Å². The summed E-state index contributed by atoms with van der Waals surface area (Å²) in [6.07, 6.45) is 1.57. The zero-order chi connectivity index (χ0) is 19.2. The van der Waals surface area contributed by atoms with Crippen LogP contribution in [0.4, 0.5) is 0 Å². The number of hydrogen-bond donors (Lipinski definition) is 0. The van der Waals surface area contributed by atoms with Crippen LogP contribution in [0.25, 0.3) is 10.9 Å². The zero-order valence-corrected chi connectivity index (χ0v) is 17.5. The Morgan fingerprint density at radius 3 is 2.56 bits per heavy atom. The first-order chi connectivity index (χ1) is 12.8. The molecule has 0 saturated carbocycles. The molecule has 0 bridgehead atoms. The van der Waals surface area contributed by atoms with Gasteiger partial charge in [-0.1, -0.05) is 57.9 Å². The molecule has 1 aliphatic rings. The fourth-order valence-corrected chi connectivity index (χ4v) is 4.62. The molecule has 0 unspecified atom stereocenters. The second kappa shape index (κ2) is 6.89. The zero-order valence-electron chi connectivity index (χ0n) is 14.3. The van der Waals surface area contributed by atoms with Crippen molar-refractivity contribution in [1.29, 1.82) is 0 Å². The van der Waals surface area contributed by atoms with Gasteiger partial charge in [-0.25, -0.2) is 13.4 Å². The Hall–Kier alpha value is -1.96. The number of rotatable bonds is 3. The van der Waals surface area contributed by atoms with Gasteiger partial charge in [0.1, 0.15) is 5.15 Å². The van der Waals surface area contributed by atoms with Crippen LogP contribution in [0.3, 0.4) is 0 Å². The SMILES string of the molecule is CS(=O)(=O)N1N=C(c2ccc(Br)cc2)C[C@H]1c1cc2ccccc2nc1Cl. The van der Waals surface area contributed by atoms with E-state index in [1.54, 1.807) is 0 Å². The molecule has 0 aliphatic carbocycles. The largest absolute Gasteiger partial charge is 0.247 e. The summed E-state index contributed by atoms with van der Waals surface area (Å²) in [5, 5.41) is 5.59. The fraction of sp³-hybridized carbons (Fsp3) is 0.158. The molecule has 0 amide bonds.